The summed E-state index contributed by atoms with van der Waals surface area (Å²) in [6.07, 6.45) is 1.44. The Balaban J connectivity index is 1.78. The van der Waals surface area contributed by atoms with E-state index in [1.807, 2.05) is 19.9 Å². The lowest BCUT2D eigenvalue weighted by atomic mass is 9.96. The van der Waals surface area contributed by atoms with Crippen LogP contribution >= 0.6 is 0 Å². The molecule has 1 saturated heterocycles. The summed E-state index contributed by atoms with van der Waals surface area (Å²) >= 11 is 0. The van der Waals surface area contributed by atoms with Gasteiger partial charge in [0.15, 0.2) is 0 Å². The number of likely N-dealkylation sites (tertiary alicyclic amines) is 1. The van der Waals surface area contributed by atoms with Gasteiger partial charge in [-0.25, -0.2) is 0 Å². The van der Waals surface area contributed by atoms with Gasteiger partial charge in [0, 0.05) is 31.6 Å². The van der Waals surface area contributed by atoms with E-state index in [9.17, 15) is 5.11 Å². The van der Waals surface area contributed by atoms with Gasteiger partial charge in [0.25, 0.3) is 0 Å². The van der Waals surface area contributed by atoms with Gasteiger partial charge in [-0.2, -0.15) is 0 Å². The van der Waals surface area contributed by atoms with E-state index in [0.29, 0.717) is 5.92 Å². The van der Waals surface area contributed by atoms with Crippen molar-refractivity contribution in [3.8, 4) is 5.75 Å². The largest absolute Gasteiger partial charge is 0.496 e. The predicted molar refractivity (Wildman–Crippen MR) is 96.8 cm³/mol. The highest BCUT2D eigenvalue weighted by molar-refractivity contribution is 5.41. The summed E-state index contributed by atoms with van der Waals surface area (Å²) in [5, 5.41) is 14.0. The molecule has 1 N–H and O–H groups in total. The van der Waals surface area contributed by atoms with E-state index in [-0.39, 0.29) is 6.10 Å². The monoisotopic (exact) mass is 344 g/mol. The summed E-state index contributed by atoms with van der Waals surface area (Å²) in [6.45, 7) is 8.82. The number of rotatable bonds is 5. The minimum Gasteiger partial charge on any atom is -0.496 e. The summed E-state index contributed by atoms with van der Waals surface area (Å²) in [6, 6.07) is 6.40. The number of hydrogen-bond acceptors (Lipinski definition) is 5. The van der Waals surface area contributed by atoms with E-state index in [2.05, 4.69) is 29.1 Å². The highest BCUT2D eigenvalue weighted by Crippen LogP contribution is 2.27. The van der Waals surface area contributed by atoms with Crippen molar-refractivity contribution in [2.24, 2.45) is 5.92 Å². The standard InChI is InChI=1S/C20H28N2O3/c1-13-11-22(8-7-19(13)23)12-16-5-6-20(24-4)17(9-16)10-18-14(2)21-25-15(18)3/h5-6,9,13,19,23H,7-8,10-12H2,1-4H3/t13-,19-/m0/s1. The Kier molecular flexibility index (Phi) is 5.45. The molecule has 25 heavy (non-hydrogen) atoms. The van der Waals surface area contributed by atoms with Gasteiger partial charge in [0.2, 0.25) is 0 Å². The van der Waals surface area contributed by atoms with E-state index < -0.39 is 0 Å². The Morgan fingerprint density at radius 3 is 2.80 bits per heavy atom. The van der Waals surface area contributed by atoms with Crippen LogP contribution in [-0.2, 0) is 13.0 Å². The summed E-state index contributed by atoms with van der Waals surface area (Å²) in [7, 11) is 1.71. The molecule has 0 aliphatic carbocycles. The van der Waals surface area contributed by atoms with Crippen LogP contribution in [-0.4, -0.2) is 41.5 Å². The summed E-state index contributed by atoms with van der Waals surface area (Å²) in [5.74, 6) is 2.09. The Bertz CT molecular complexity index is 706. The second-order valence-corrected chi connectivity index (χ2v) is 7.19. The third-order valence-electron chi connectivity index (χ3n) is 5.24. The lowest BCUT2D eigenvalue weighted by Crippen LogP contribution is -2.41. The first-order chi connectivity index (χ1) is 12.0. The van der Waals surface area contributed by atoms with Crippen LogP contribution in [0, 0.1) is 19.8 Å². The van der Waals surface area contributed by atoms with Crippen molar-refractivity contribution < 1.29 is 14.4 Å². The molecule has 1 aromatic carbocycles. The molecule has 1 aliphatic heterocycles. The van der Waals surface area contributed by atoms with Crippen molar-refractivity contribution >= 4 is 0 Å². The van der Waals surface area contributed by atoms with Gasteiger partial charge in [-0.3, -0.25) is 4.90 Å². The topological polar surface area (TPSA) is 58.7 Å². The zero-order valence-electron chi connectivity index (χ0n) is 15.6. The van der Waals surface area contributed by atoms with Gasteiger partial charge in [0.05, 0.1) is 18.9 Å². The Labute approximate surface area is 149 Å². The molecule has 5 nitrogen and oxygen atoms in total. The molecular formula is C20H28N2O3. The van der Waals surface area contributed by atoms with Gasteiger partial charge in [-0.15, -0.1) is 0 Å². The first kappa shape index (κ1) is 18.0. The van der Waals surface area contributed by atoms with Crippen LogP contribution in [0.1, 0.15) is 41.5 Å². The molecule has 0 spiro atoms. The molecule has 3 rings (SSSR count). The molecule has 0 amide bonds. The molecule has 0 radical (unpaired) electrons. The smallest absolute Gasteiger partial charge is 0.137 e. The Morgan fingerprint density at radius 1 is 1.36 bits per heavy atom. The van der Waals surface area contributed by atoms with Crippen LogP contribution in [0.5, 0.6) is 5.75 Å². The number of piperidine rings is 1. The van der Waals surface area contributed by atoms with E-state index in [4.69, 9.17) is 9.26 Å². The third-order valence-corrected chi connectivity index (χ3v) is 5.24. The maximum atomic E-state index is 9.91. The van der Waals surface area contributed by atoms with Gasteiger partial charge in [-0.05, 0) is 43.4 Å². The van der Waals surface area contributed by atoms with Crippen LogP contribution in [0.3, 0.4) is 0 Å². The quantitative estimate of drug-likeness (QED) is 0.903. The van der Waals surface area contributed by atoms with E-state index in [0.717, 1.165) is 60.8 Å². The molecule has 0 unspecified atom stereocenters. The van der Waals surface area contributed by atoms with Crippen LogP contribution in [0.15, 0.2) is 22.7 Å². The number of aromatic nitrogens is 1. The molecule has 2 atom stereocenters. The Hall–Kier alpha value is -1.85. The SMILES string of the molecule is COc1ccc(CN2CC[C@H](O)[C@@H](C)C2)cc1Cc1c(C)noc1C. The highest BCUT2D eigenvalue weighted by atomic mass is 16.5. The molecule has 5 heteroatoms. The van der Waals surface area contributed by atoms with E-state index >= 15 is 0 Å². The summed E-state index contributed by atoms with van der Waals surface area (Å²) in [4.78, 5) is 2.42. The highest BCUT2D eigenvalue weighted by Gasteiger charge is 2.24. The number of aliphatic hydroxyl groups is 1. The van der Waals surface area contributed by atoms with Crippen molar-refractivity contribution in [1.82, 2.24) is 10.1 Å². The fourth-order valence-corrected chi connectivity index (χ4v) is 3.63. The zero-order valence-corrected chi connectivity index (χ0v) is 15.6. The van der Waals surface area contributed by atoms with Crippen molar-refractivity contribution in [3.63, 3.8) is 0 Å². The second-order valence-electron chi connectivity index (χ2n) is 7.19. The fourth-order valence-electron chi connectivity index (χ4n) is 3.63. The maximum Gasteiger partial charge on any atom is 0.137 e. The molecule has 1 fully saturated rings. The number of aryl methyl sites for hydroxylation is 2. The fraction of sp³-hybridized carbons (Fsp3) is 0.550. The third kappa shape index (κ3) is 4.05. The Morgan fingerprint density at radius 2 is 2.16 bits per heavy atom. The van der Waals surface area contributed by atoms with Gasteiger partial charge in [-0.1, -0.05) is 24.2 Å². The van der Waals surface area contributed by atoms with Gasteiger partial charge in [0.1, 0.15) is 11.5 Å². The summed E-state index contributed by atoms with van der Waals surface area (Å²) in [5.41, 5.74) is 4.49. The molecule has 0 saturated carbocycles. The normalized spacial score (nSPS) is 21.5. The number of hydrogen-bond donors (Lipinski definition) is 1. The van der Waals surface area contributed by atoms with Crippen molar-refractivity contribution in [3.05, 3.63) is 46.3 Å². The maximum absolute atomic E-state index is 9.91. The van der Waals surface area contributed by atoms with Gasteiger partial charge < -0.3 is 14.4 Å². The minimum absolute atomic E-state index is 0.165. The number of methoxy groups -OCH3 is 1. The van der Waals surface area contributed by atoms with Crippen molar-refractivity contribution in [2.45, 2.75) is 46.3 Å². The molecule has 1 aromatic heterocycles. The van der Waals surface area contributed by atoms with Crippen molar-refractivity contribution in [1.29, 1.82) is 0 Å². The van der Waals surface area contributed by atoms with E-state index in [1.54, 1.807) is 7.11 Å². The minimum atomic E-state index is -0.165. The lowest BCUT2D eigenvalue weighted by molar-refractivity contribution is 0.0320. The second kappa shape index (κ2) is 7.58. The predicted octanol–water partition coefficient (Wildman–Crippen LogP) is 3.09. The van der Waals surface area contributed by atoms with Gasteiger partial charge >= 0.3 is 0 Å². The first-order valence-corrected chi connectivity index (χ1v) is 8.96. The van der Waals surface area contributed by atoms with Crippen molar-refractivity contribution in [2.75, 3.05) is 20.2 Å². The summed E-state index contributed by atoms with van der Waals surface area (Å²) < 4.78 is 10.8. The molecule has 2 aromatic rings. The van der Waals surface area contributed by atoms with E-state index in [1.165, 1.54) is 5.56 Å². The zero-order chi connectivity index (χ0) is 18.0. The molecule has 2 heterocycles. The molecule has 1 aliphatic rings. The van der Waals surface area contributed by atoms with Crippen LogP contribution < -0.4 is 4.74 Å². The molecule has 0 bridgehead atoms. The average molecular weight is 344 g/mol. The molecular weight excluding hydrogens is 316 g/mol. The first-order valence-electron chi connectivity index (χ1n) is 8.96. The number of benzene rings is 1. The lowest BCUT2D eigenvalue weighted by Gasteiger charge is -2.34. The number of aliphatic hydroxyl groups excluding tert-OH is 1. The van der Waals surface area contributed by atoms with Crippen LogP contribution in [0.2, 0.25) is 0 Å². The average Bonchev–Trinajstić information content (AvgIpc) is 2.90. The van der Waals surface area contributed by atoms with Crippen LogP contribution in [0.25, 0.3) is 0 Å². The molecule has 136 valence electrons. The number of ether oxygens (including phenoxy) is 1. The number of nitrogens with zero attached hydrogens (tertiary/aromatic N) is 2. The van der Waals surface area contributed by atoms with Crippen LogP contribution in [0.4, 0.5) is 0 Å².